The number of carbonyl (C=O) groups is 3. The lowest BCUT2D eigenvalue weighted by molar-refractivity contribution is -0.134. The number of urea groups is 1. The van der Waals surface area contributed by atoms with Crippen LogP contribution in [0, 0.1) is 6.92 Å². The van der Waals surface area contributed by atoms with Crippen molar-refractivity contribution >= 4 is 28.8 Å². The molecule has 128 valence electrons. The van der Waals surface area contributed by atoms with E-state index >= 15 is 0 Å². The first-order valence-electron chi connectivity index (χ1n) is 8.37. The lowest BCUT2D eigenvalue weighted by Gasteiger charge is -2.29. The number of ketones is 1. The van der Waals surface area contributed by atoms with Gasteiger partial charge < -0.3 is 5.32 Å². The van der Waals surface area contributed by atoms with E-state index in [4.69, 9.17) is 0 Å². The summed E-state index contributed by atoms with van der Waals surface area (Å²) in [5, 5.41) is 2.80. The van der Waals surface area contributed by atoms with Crippen LogP contribution in [-0.4, -0.2) is 38.1 Å². The Morgan fingerprint density at radius 2 is 1.72 bits per heavy atom. The normalized spacial score (nSPS) is 19.7. The number of aryl methyl sites for hydroxylation is 1. The molecule has 0 atom stereocenters. The van der Waals surface area contributed by atoms with Gasteiger partial charge in [-0.3, -0.25) is 14.5 Å². The Morgan fingerprint density at radius 1 is 1.08 bits per heavy atom. The fourth-order valence-electron chi connectivity index (χ4n) is 3.54. The lowest BCUT2D eigenvalue weighted by atomic mass is 9.81. The van der Waals surface area contributed by atoms with E-state index in [1.165, 1.54) is 4.90 Å². The summed E-state index contributed by atoms with van der Waals surface area (Å²) in [7, 11) is 0. The molecule has 0 bridgehead atoms. The van der Waals surface area contributed by atoms with Crippen molar-refractivity contribution in [3.05, 3.63) is 35.7 Å². The van der Waals surface area contributed by atoms with Crippen molar-refractivity contribution < 1.29 is 14.4 Å². The first-order chi connectivity index (χ1) is 12.0. The van der Waals surface area contributed by atoms with Crippen molar-refractivity contribution in [3.63, 3.8) is 0 Å². The quantitative estimate of drug-likeness (QED) is 0.844. The molecular weight excluding hydrogens is 320 g/mol. The molecule has 1 aliphatic carbocycles. The summed E-state index contributed by atoms with van der Waals surface area (Å²) in [5.41, 5.74) is 1.88. The van der Waals surface area contributed by atoms with Crippen LogP contribution >= 0.6 is 0 Å². The molecule has 1 aliphatic heterocycles. The maximum atomic E-state index is 12.9. The number of rotatable bonds is 2. The summed E-state index contributed by atoms with van der Waals surface area (Å²) in [4.78, 5) is 47.0. The zero-order chi connectivity index (χ0) is 17.6. The number of carbonyl (C=O) groups excluding carboxylic acids is 3. The van der Waals surface area contributed by atoms with Crippen LogP contribution in [0.2, 0.25) is 0 Å². The molecule has 0 radical (unpaired) electrons. The summed E-state index contributed by atoms with van der Waals surface area (Å²) in [6.45, 7) is 1.91. The molecular formula is C18H18N4O3. The fraction of sp³-hybridized carbons (Fsp3) is 0.389. The molecule has 25 heavy (non-hydrogen) atoms. The maximum Gasteiger partial charge on any atom is 0.325 e. The number of hydrogen-bond donors (Lipinski definition) is 1. The molecule has 1 aromatic carbocycles. The van der Waals surface area contributed by atoms with Crippen molar-refractivity contribution in [2.45, 2.75) is 44.7 Å². The Bertz CT molecular complexity index is 898. The van der Waals surface area contributed by atoms with Crippen molar-refractivity contribution in [3.8, 4) is 0 Å². The van der Waals surface area contributed by atoms with Crippen LogP contribution in [0.4, 0.5) is 4.79 Å². The number of fused-ring (bicyclic) bond motifs is 1. The van der Waals surface area contributed by atoms with Gasteiger partial charge in [0.15, 0.2) is 0 Å². The molecule has 1 aromatic heterocycles. The Kier molecular flexibility index (Phi) is 3.52. The van der Waals surface area contributed by atoms with E-state index in [9.17, 15) is 14.4 Å². The van der Waals surface area contributed by atoms with E-state index in [1.807, 2.05) is 31.2 Å². The zero-order valence-electron chi connectivity index (χ0n) is 13.9. The number of hydrogen-bond acceptors (Lipinski definition) is 5. The van der Waals surface area contributed by atoms with Crippen molar-refractivity contribution in [2.75, 3.05) is 0 Å². The number of amides is 3. The standard InChI is InChI=1S/C18H18N4O3/c1-11-15(20-14-5-3-2-4-13(14)19-11)10-22-16(24)18(21-17(22)25)8-6-12(23)7-9-18/h2-5H,6-10H2,1H3,(H,21,25). The van der Waals surface area contributed by atoms with Crippen LogP contribution < -0.4 is 5.32 Å². The third-order valence-corrected chi connectivity index (χ3v) is 5.06. The maximum absolute atomic E-state index is 12.9. The second kappa shape index (κ2) is 5.61. The highest BCUT2D eigenvalue weighted by atomic mass is 16.2. The molecule has 3 amide bonds. The van der Waals surface area contributed by atoms with E-state index in [0.29, 0.717) is 37.1 Å². The van der Waals surface area contributed by atoms with Gasteiger partial charge in [-0.05, 0) is 31.9 Å². The first kappa shape index (κ1) is 15.7. The minimum Gasteiger partial charge on any atom is -0.323 e. The SMILES string of the molecule is Cc1nc2ccccc2nc1CN1C(=O)NC2(CCC(=O)CC2)C1=O. The monoisotopic (exact) mass is 338 g/mol. The number of imide groups is 1. The molecule has 7 nitrogen and oxygen atoms in total. The Balaban J connectivity index is 1.62. The van der Waals surface area contributed by atoms with Crippen LogP contribution in [-0.2, 0) is 16.1 Å². The summed E-state index contributed by atoms with van der Waals surface area (Å²) < 4.78 is 0. The van der Waals surface area contributed by atoms with Crippen LogP contribution in [0.3, 0.4) is 0 Å². The number of aromatic nitrogens is 2. The second-order valence-corrected chi connectivity index (χ2v) is 6.69. The highest BCUT2D eigenvalue weighted by Gasteiger charge is 2.52. The molecule has 2 aliphatic rings. The van der Waals surface area contributed by atoms with E-state index in [1.54, 1.807) is 0 Å². The molecule has 7 heteroatoms. The number of benzene rings is 1. The third kappa shape index (κ3) is 2.56. The van der Waals surface area contributed by atoms with Gasteiger partial charge in [-0.25, -0.2) is 14.8 Å². The largest absolute Gasteiger partial charge is 0.325 e. The molecule has 2 heterocycles. The van der Waals surface area contributed by atoms with E-state index in [2.05, 4.69) is 15.3 Å². The second-order valence-electron chi connectivity index (χ2n) is 6.69. The average molecular weight is 338 g/mol. The lowest BCUT2D eigenvalue weighted by Crippen LogP contribution is -2.49. The van der Waals surface area contributed by atoms with Gasteiger partial charge in [0, 0.05) is 12.8 Å². The van der Waals surface area contributed by atoms with Gasteiger partial charge in [0.25, 0.3) is 5.91 Å². The number of Topliss-reactive ketones (excluding diaryl/α,β-unsaturated/α-hetero) is 1. The van der Waals surface area contributed by atoms with Gasteiger partial charge in [0.2, 0.25) is 0 Å². The summed E-state index contributed by atoms with van der Waals surface area (Å²) in [6.07, 6.45) is 1.40. The highest BCUT2D eigenvalue weighted by molar-refractivity contribution is 6.07. The molecule has 2 fully saturated rings. The molecule has 2 aromatic rings. The molecule has 1 saturated heterocycles. The first-order valence-corrected chi connectivity index (χ1v) is 8.37. The van der Waals surface area contributed by atoms with Crippen LogP contribution in [0.25, 0.3) is 11.0 Å². The Hall–Kier alpha value is -2.83. The van der Waals surface area contributed by atoms with Crippen molar-refractivity contribution in [1.29, 1.82) is 0 Å². The van der Waals surface area contributed by atoms with Crippen molar-refractivity contribution in [1.82, 2.24) is 20.2 Å². The highest BCUT2D eigenvalue weighted by Crippen LogP contribution is 2.33. The van der Waals surface area contributed by atoms with Crippen LogP contribution in [0.15, 0.2) is 24.3 Å². The van der Waals surface area contributed by atoms with E-state index in [0.717, 1.165) is 11.0 Å². The van der Waals surface area contributed by atoms with Crippen LogP contribution in [0.5, 0.6) is 0 Å². The van der Waals surface area contributed by atoms with Gasteiger partial charge in [0.1, 0.15) is 11.3 Å². The van der Waals surface area contributed by atoms with Gasteiger partial charge >= 0.3 is 6.03 Å². The molecule has 4 rings (SSSR count). The number of nitrogens with zero attached hydrogens (tertiary/aromatic N) is 3. The topological polar surface area (TPSA) is 92.3 Å². The average Bonchev–Trinajstić information content (AvgIpc) is 2.82. The minimum atomic E-state index is -0.927. The molecule has 1 N–H and O–H groups in total. The Morgan fingerprint density at radius 3 is 2.40 bits per heavy atom. The summed E-state index contributed by atoms with van der Waals surface area (Å²) in [6, 6.07) is 7.07. The molecule has 0 unspecified atom stereocenters. The Labute approximate surface area is 144 Å². The predicted octanol–water partition coefficient (Wildman–Crippen LogP) is 1.87. The van der Waals surface area contributed by atoms with E-state index < -0.39 is 11.6 Å². The smallest absolute Gasteiger partial charge is 0.323 e. The predicted molar refractivity (Wildman–Crippen MR) is 89.6 cm³/mol. The minimum absolute atomic E-state index is 0.0873. The summed E-state index contributed by atoms with van der Waals surface area (Å²) in [5.74, 6) is -0.123. The zero-order valence-corrected chi connectivity index (χ0v) is 13.9. The fourth-order valence-corrected chi connectivity index (χ4v) is 3.54. The number of nitrogens with one attached hydrogen (secondary N) is 1. The summed E-state index contributed by atoms with van der Waals surface area (Å²) >= 11 is 0. The third-order valence-electron chi connectivity index (χ3n) is 5.06. The van der Waals surface area contributed by atoms with E-state index in [-0.39, 0.29) is 18.2 Å². The van der Waals surface area contributed by atoms with Gasteiger partial charge in [-0.1, -0.05) is 12.1 Å². The molecule has 1 spiro atoms. The van der Waals surface area contributed by atoms with Crippen LogP contribution in [0.1, 0.15) is 37.1 Å². The van der Waals surface area contributed by atoms with Gasteiger partial charge in [-0.2, -0.15) is 0 Å². The number of para-hydroxylation sites is 2. The van der Waals surface area contributed by atoms with Crippen molar-refractivity contribution in [2.24, 2.45) is 0 Å². The molecule has 1 saturated carbocycles. The van der Waals surface area contributed by atoms with Gasteiger partial charge in [0.05, 0.1) is 29.0 Å². The van der Waals surface area contributed by atoms with Gasteiger partial charge in [-0.15, -0.1) is 0 Å².